The van der Waals surface area contributed by atoms with Gasteiger partial charge in [0.1, 0.15) is 5.75 Å². The van der Waals surface area contributed by atoms with Crippen molar-refractivity contribution >= 4 is 28.2 Å². The molecule has 0 radical (unpaired) electrons. The second-order valence-corrected chi connectivity index (χ2v) is 9.78. The average molecular weight is 539 g/mol. The summed E-state index contributed by atoms with van der Waals surface area (Å²) >= 11 is 5.83. The van der Waals surface area contributed by atoms with E-state index in [4.69, 9.17) is 31.2 Å². The molecule has 9 nitrogen and oxygen atoms in total. The molecule has 1 saturated heterocycles. The van der Waals surface area contributed by atoms with E-state index in [2.05, 4.69) is 15.2 Å². The van der Waals surface area contributed by atoms with E-state index in [1.165, 1.54) is 0 Å². The Hall–Kier alpha value is -3.34. The lowest BCUT2D eigenvalue weighted by Gasteiger charge is -2.28. The van der Waals surface area contributed by atoms with Gasteiger partial charge >= 0.3 is 0 Å². The summed E-state index contributed by atoms with van der Waals surface area (Å²) in [6.07, 6.45) is 0.967. The summed E-state index contributed by atoms with van der Waals surface area (Å²) in [4.78, 5) is 20.4. The number of ether oxygens (including phenoxy) is 4. The lowest BCUT2D eigenvalue weighted by atomic mass is 10.1. The molecule has 5 rings (SSSR count). The summed E-state index contributed by atoms with van der Waals surface area (Å²) < 4.78 is 22.1. The van der Waals surface area contributed by atoms with Gasteiger partial charge < -0.3 is 34.1 Å². The number of rotatable bonds is 10. The van der Waals surface area contributed by atoms with Gasteiger partial charge in [0.2, 0.25) is 6.79 Å². The first-order valence-electron chi connectivity index (χ1n) is 13.1. The highest BCUT2D eigenvalue weighted by Gasteiger charge is 2.18. The topological polar surface area (TPSA) is 88.3 Å². The van der Waals surface area contributed by atoms with E-state index in [-0.39, 0.29) is 12.4 Å². The Balaban J connectivity index is 1.32. The molecule has 202 valence electrons. The highest BCUT2D eigenvalue weighted by atomic mass is 32.1. The zero-order valence-corrected chi connectivity index (χ0v) is 22.5. The number of hydrogen-bond acceptors (Lipinski definition) is 7. The van der Waals surface area contributed by atoms with Crippen LogP contribution in [0.1, 0.15) is 24.5 Å². The Labute approximate surface area is 227 Å². The lowest BCUT2D eigenvalue weighted by Crippen LogP contribution is -2.42. The van der Waals surface area contributed by atoms with Crippen molar-refractivity contribution < 1.29 is 18.9 Å². The van der Waals surface area contributed by atoms with Crippen LogP contribution in [0.3, 0.4) is 0 Å². The molecule has 3 aromatic rings. The number of hydrogen-bond donors (Lipinski definition) is 2. The molecule has 0 aliphatic carbocycles. The molecule has 2 aromatic carbocycles. The van der Waals surface area contributed by atoms with E-state index in [0.717, 1.165) is 79.5 Å². The third-order valence-electron chi connectivity index (χ3n) is 6.69. The van der Waals surface area contributed by atoms with Crippen molar-refractivity contribution in [3.05, 3.63) is 63.9 Å². The molecular formula is C28H34N4O5S. The van der Waals surface area contributed by atoms with Crippen molar-refractivity contribution in [2.24, 2.45) is 0 Å². The van der Waals surface area contributed by atoms with Gasteiger partial charge in [-0.1, -0.05) is 6.07 Å². The highest BCUT2D eigenvalue weighted by molar-refractivity contribution is 7.80. The smallest absolute Gasteiger partial charge is 0.253 e. The Bertz CT molecular complexity index is 1320. The maximum Gasteiger partial charge on any atom is 0.253 e. The molecule has 1 fully saturated rings. The van der Waals surface area contributed by atoms with Crippen molar-refractivity contribution in [1.29, 1.82) is 0 Å². The van der Waals surface area contributed by atoms with Crippen LogP contribution in [0.4, 0.5) is 0 Å². The second kappa shape index (κ2) is 12.5. The number of aromatic nitrogens is 1. The summed E-state index contributed by atoms with van der Waals surface area (Å²) in [5.41, 5.74) is 2.28. The van der Waals surface area contributed by atoms with Gasteiger partial charge in [0.25, 0.3) is 5.56 Å². The monoisotopic (exact) mass is 538 g/mol. The van der Waals surface area contributed by atoms with Gasteiger partial charge in [0.15, 0.2) is 16.6 Å². The Morgan fingerprint density at radius 3 is 2.79 bits per heavy atom. The molecule has 0 amide bonds. The second-order valence-electron chi connectivity index (χ2n) is 9.39. The number of fused-ring (bicyclic) bond motifs is 2. The number of H-pyrrole nitrogens is 1. The van der Waals surface area contributed by atoms with Crippen LogP contribution in [0, 0.1) is 0 Å². The van der Waals surface area contributed by atoms with E-state index < -0.39 is 0 Å². The van der Waals surface area contributed by atoms with Crippen LogP contribution in [0.15, 0.2) is 47.3 Å². The third-order valence-corrected chi connectivity index (χ3v) is 7.10. The molecule has 2 aliphatic rings. The van der Waals surface area contributed by atoms with Crippen LogP contribution in [0.5, 0.6) is 17.2 Å². The minimum Gasteiger partial charge on any atom is -0.494 e. The summed E-state index contributed by atoms with van der Waals surface area (Å²) in [6.45, 7) is 8.89. The van der Waals surface area contributed by atoms with Crippen LogP contribution >= 0.6 is 12.2 Å². The van der Waals surface area contributed by atoms with Gasteiger partial charge in [0.05, 0.1) is 26.4 Å². The molecule has 0 unspecified atom stereocenters. The fourth-order valence-electron chi connectivity index (χ4n) is 4.70. The highest BCUT2D eigenvalue weighted by Crippen LogP contribution is 2.33. The molecule has 38 heavy (non-hydrogen) atoms. The Morgan fingerprint density at radius 2 is 1.95 bits per heavy atom. The normalized spacial score (nSPS) is 15.0. The maximum atomic E-state index is 13.0. The Morgan fingerprint density at radius 1 is 1.11 bits per heavy atom. The standard InChI is InChI=1S/C28H34N4O5S/c1-2-35-23-5-6-24-21(16-23)15-22(27(33)30-24)18-32(17-20-4-7-25-26(14-20)37-19-36-25)28(38)29-8-3-9-31-10-12-34-13-11-31/h4-7,14-16H,2-3,8-13,17-19H2,1H3,(H,29,38)(H,30,33). The zero-order chi connectivity index (χ0) is 26.3. The first-order chi connectivity index (χ1) is 18.6. The van der Waals surface area contributed by atoms with Crippen LogP contribution in [-0.2, 0) is 17.8 Å². The minimum absolute atomic E-state index is 0.132. The van der Waals surface area contributed by atoms with Gasteiger partial charge in [-0.25, -0.2) is 0 Å². The van der Waals surface area contributed by atoms with E-state index in [1.54, 1.807) is 0 Å². The van der Waals surface area contributed by atoms with Gasteiger partial charge in [-0.15, -0.1) is 0 Å². The predicted molar refractivity (Wildman–Crippen MR) is 150 cm³/mol. The number of nitrogens with zero attached hydrogens (tertiary/aromatic N) is 2. The fourth-order valence-corrected chi connectivity index (χ4v) is 4.93. The maximum absolute atomic E-state index is 13.0. The minimum atomic E-state index is -0.132. The van der Waals surface area contributed by atoms with Gasteiger partial charge in [-0.05, 0) is 74.1 Å². The number of benzene rings is 2. The molecule has 10 heteroatoms. The Kier molecular flexibility index (Phi) is 8.62. The van der Waals surface area contributed by atoms with Crippen LogP contribution in [0.2, 0.25) is 0 Å². The van der Waals surface area contributed by atoms with E-state index >= 15 is 0 Å². The van der Waals surface area contributed by atoms with Crippen LogP contribution in [0.25, 0.3) is 10.9 Å². The molecule has 0 saturated carbocycles. The van der Waals surface area contributed by atoms with E-state index in [0.29, 0.717) is 30.4 Å². The van der Waals surface area contributed by atoms with Gasteiger partial charge in [-0.3, -0.25) is 9.69 Å². The van der Waals surface area contributed by atoms with E-state index in [9.17, 15) is 4.79 Å². The molecule has 0 bridgehead atoms. The molecular weight excluding hydrogens is 504 g/mol. The molecule has 2 N–H and O–H groups in total. The lowest BCUT2D eigenvalue weighted by molar-refractivity contribution is 0.0376. The quantitative estimate of drug-likeness (QED) is 0.298. The van der Waals surface area contributed by atoms with Crippen molar-refractivity contribution in [1.82, 2.24) is 20.1 Å². The van der Waals surface area contributed by atoms with Crippen molar-refractivity contribution in [2.45, 2.75) is 26.4 Å². The number of aromatic amines is 1. The van der Waals surface area contributed by atoms with Crippen LogP contribution < -0.4 is 25.1 Å². The molecule has 1 aromatic heterocycles. The third kappa shape index (κ3) is 6.56. The van der Waals surface area contributed by atoms with Crippen molar-refractivity contribution in [3.8, 4) is 17.2 Å². The number of morpholine rings is 1. The summed E-state index contributed by atoms with van der Waals surface area (Å²) in [5.74, 6) is 2.23. The van der Waals surface area contributed by atoms with Gasteiger partial charge in [0, 0.05) is 42.6 Å². The van der Waals surface area contributed by atoms with Gasteiger partial charge in [-0.2, -0.15) is 0 Å². The molecule has 2 aliphatic heterocycles. The summed E-state index contributed by atoms with van der Waals surface area (Å²) in [7, 11) is 0. The summed E-state index contributed by atoms with van der Waals surface area (Å²) in [6, 6.07) is 13.5. The van der Waals surface area contributed by atoms with Crippen molar-refractivity contribution in [2.75, 3.05) is 52.8 Å². The van der Waals surface area contributed by atoms with Crippen LogP contribution in [-0.4, -0.2) is 72.7 Å². The molecule has 0 spiro atoms. The van der Waals surface area contributed by atoms with Crippen molar-refractivity contribution in [3.63, 3.8) is 0 Å². The zero-order valence-electron chi connectivity index (χ0n) is 21.7. The number of thiocarbonyl (C=S) groups is 1. The first kappa shape index (κ1) is 26.3. The summed E-state index contributed by atoms with van der Waals surface area (Å²) in [5, 5.41) is 4.93. The largest absolute Gasteiger partial charge is 0.494 e. The molecule has 0 atom stereocenters. The fraction of sp³-hybridized carbons (Fsp3) is 0.429. The number of pyridine rings is 1. The number of nitrogens with one attached hydrogen (secondary N) is 2. The van der Waals surface area contributed by atoms with E-state index in [1.807, 2.05) is 54.3 Å². The average Bonchev–Trinajstić information content (AvgIpc) is 3.40. The first-order valence-corrected chi connectivity index (χ1v) is 13.5. The molecule has 3 heterocycles. The predicted octanol–water partition coefficient (Wildman–Crippen LogP) is 3.25. The SMILES string of the molecule is CCOc1ccc2[nH]c(=O)c(CN(Cc3ccc4c(c3)OCO4)C(=S)NCCCN3CCOCC3)cc2c1.